The van der Waals surface area contributed by atoms with Crippen LogP contribution < -0.4 is 4.74 Å². The number of likely N-dealkylation sites (N-methyl/N-ethyl adjacent to an activating group) is 1. The van der Waals surface area contributed by atoms with Crippen LogP contribution in [-0.4, -0.2) is 82.3 Å². The molecular formula is C32H38ClF3N6O3. The van der Waals surface area contributed by atoms with Crippen LogP contribution >= 0.6 is 12.4 Å². The van der Waals surface area contributed by atoms with Gasteiger partial charge in [-0.15, -0.1) is 12.4 Å². The molecule has 9 nitrogen and oxygen atoms in total. The first-order valence-electron chi connectivity index (χ1n) is 15.4. The molecule has 2 aromatic heterocycles. The minimum absolute atomic E-state index is 0. The summed E-state index contributed by atoms with van der Waals surface area (Å²) in [5.41, 5.74) is 0.0901. The van der Waals surface area contributed by atoms with Crippen LogP contribution in [0.4, 0.5) is 13.2 Å². The van der Waals surface area contributed by atoms with Gasteiger partial charge in [-0.2, -0.15) is 18.4 Å². The van der Waals surface area contributed by atoms with Gasteiger partial charge in [0.1, 0.15) is 17.5 Å². The largest absolute Gasteiger partial charge is 0.493 e. The molecular weight excluding hydrogens is 609 g/mol. The van der Waals surface area contributed by atoms with Gasteiger partial charge in [0, 0.05) is 36.8 Å². The second-order valence-corrected chi connectivity index (χ2v) is 12.1. The monoisotopic (exact) mass is 646 g/mol. The molecule has 45 heavy (non-hydrogen) atoms. The van der Waals surface area contributed by atoms with Gasteiger partial charge in [-0.25, -0.2) is 9.97 Å². The Bertz CT molecular complexity index is 1540. The van der Waals surface area contributed by atoms with Gasteiger partial charge in [0.2, 0.25) is 11.7 Å². The van der Waals surface area contributed by atoms with Gasteiger partial charge in [-0.3, -0.25) is 9.69 Å². The predicted molar refractivity (Wildman–Crippen MR) is 164 cm³/mol. The van der Waals surface area contributed by atoms with Gasteiger partial charge in [-0.05, 0) is 88.7 Å². The summed E-state index contributed by atoms with van der Waals surface area (Å²) >= 11 is 0. The second kappa shape index (κ2) is 13.9. The number of hydrogen-bond acceptors (Lipinski definition) is 7. The zero-order chi connectivity index (χ0) is 30.8. The van der Waals surface area contributed by atoms with E-state index in [-0.39, 0.29) is 65.8 Å². The van der Waals surface area contributed by atoms with Gasteiger partial charge in [0.25, 0.3) is 0 Å². The fraction of sp³-hybridized carbons (Fsp3) is 0.562. The average molecular weight is 647 g/mol. The molecule has 3 fully saturated rings. The summed E-state index contributed by atoms with van der Waals surface area (Å²) in [6, 6.07) is 7.60. The van der Waals surface area contributed by atoms with Gasteiger partial charge in [0.15, 0.2) is 0 Å². The van der Waals surface area contributed by atoms with Gasteiger partial charge >= 0.3 is 6.18 Å². The number of halogens is 4. The summed E-state index contributed by atoms with van der Waals surface area (Å²) in [5.74, 6) is 0.125. The molecule has 5 heterocycles. The van der Waals surface area contributed by atoms with Crippen molar-refractivity contribution in [1.29, 1.82) is 5.26 Å². The minimum atomic E-state index is -4.65. The van der Waals surface area contributed by atoms with Crippen molar-refractivity contribution in [2.24, 2.45) is 5.92 Å². The number of amides is 1. The molecule has 6 rings (SSSR count). The summed E-state index contributed by atoms with van der Waals surface area (Å²) in [4.78, 5) is 25.6. The number of rotatable bonds is 8. The first-order valence-corrected chi connectivity index (χ1v) is 15.4. The van der Waals surface area contributed by atoms with E-state index in [1.54, 1.807) is 18.3 Å². The number of nitrogens with zero attached hydrogens (tertiary/aromatic N) is 6. The molecule has 13 heteroatoms. The highest BCUT2D eigenvalue weighted by molar-refractivity contribution is 5.91. The summed E-state index contributed by atoms with van der Waals surface area (Å²) < 4.78 is 56.1. The van der Waals surface area contributed by atoms with Gasteiger partial charge in [-0.1, -0.05) is 0 Å². The molecule has 1 aromatic carbocycles. The van der Waals surface area contributed by atoms with E-state index in [1.807, 2.05) is 22.6 Å². The number of carbonyl (C=O) groups excluding carboxylic acids is 1. The Morgan fingerprint density at radius 1 is 1.11 bits per heavy atom. The van der Waals surface area contributed by atoms with E-state index in [0.717, 1.165) is 51.1 Å². The van der Waals surface area contributed by atoms with Crippen LogP contribution in [0.25, 0.3) is 22.3 Å². The van der Waals surface area contributed by atoms with Crippen molar-refractivity contribution >= 4 is 29.3 Å². The summed E-state index contributed by atoms with van der Waals surface area (Å²) in [7, 11) is 1.99. The molecule has 3 aliphatic rings. The second-order valence-electron chi connectivity index (χ2n) is 12.1. The zero-order valence-electron chi connectivity index (χ0n) is 25.3. The van der Waals surface area contributed by atoms with Crippen molar-refractivity contribution in [3.8, 4) is 23.1 Å². The topological polar surface area (TPSA) is 96.5 Å². The maximum atomic E-state index is 14.3. The first-order chi connectivity index (χ1) is 21.2. The molecule has 2 atom stereocenters. The van der Waals surface area contributed by atoms with Crippen molar-refractivity contribution in [2.45, 2.75) is 69.8 Å². The van der Waals surface area contributed by atoms with Crippen LogP contribution in [0.15, 0.2) is 30.5 Å². The standard InChI is InChI=1S/C32H37F3N6O3.ClH/c1-39-12-2-5-26(39)31(42)40-13-8-21(9-14-40)11-17-44-27-7-6-22(18-25(27)32(33,34)35)29-24-10-15-41(20-23-4-3-16-43-23)30(24)38-28(19-36)37-29;/h6-7,10,15,18,21,23,26H,2-5,8-9,11-14,16-17,20H2,1H3;1H/t23?,26-;/m0./s1. The number of likely N-dealkylation sites (tertiary alicyclic amines) is 2. The number of hydrogen-bond donors (Lipinski definition) is 0. The molecule has 3 saturated heterocycles. The fourth-order valence-corrected chi connectivity index (χ4v) is 6.73. The number of nitriles is 1. The van der Waals surface area contributed by atoms with Crippen molar-refractivity contribution in [3.63, 3.8) is 0 Å². The number of ether oxygens (including phenoxy) is 2. The maximum absolute atomic E-state index is 14.3. The third-order valence-electron chi connectivity index (χ3n) is 9.22. The average Bonchev–Trinajstić information content (AvgIpc) is 3.79. The Labute approximate surface area is 266 Å². The van der Waals surface area contributed by atoms with E-state index >= 15 is 0 Å². The number of carbonyl (C=O) groups is 1. The number of aromatic nitrogens is 3. The van der Waals surface area contributed by atoms with E-state index in [2.05, 4.69) is 14.9 Å². The summed E-state index contributed by atoms with van der Waals surface area (Å²) in [5, 5.41) is 10.1. The molecule has 0 bridgehead atoms. The van der Waals surface area contributed by atoms with Crippen LogP contribution in [0.2, 0.25) is 0 Å². The Kier molecular flexibility index (Phi) is 10.2. The molecule has 0 radical (unpaired) electrons. The third-order valence-corrected chi connectivity index (χ3v) is 9.22. The first kappa shape index (κ1) is 33.0. The molecule has 3 aromatic rings. The lowest BCUT2D eigenvalue weighted by Gasteiger charge is -2.34. The van der Waals surface area contributed by atoms with E-state index in [1.165, 1.54) is 6.07 Å². The van der Waals surface area contributed by atoms with Gasteiger partial charge in [0.05, 0.1) is 36.6 Å². The number of fused-ring (bicyclic) bond motifs is 1. The lowest BCUT2D eigenvalue weighted by Crippen LogP contribution is -2.47. The zero-order valence-corrected chi connectivity index (χ0v) is 26.1. The van der Waals surface area contributed by atoms with Crippen LogP contribution in [-0.2, 0) is 22.3 Å². The molecule has 3 aliphatic heterocycles. The Balaban J connectivity index is 0.00000400. The van der Waals surface area contributed by atoms with E-state index in [4.69, 9.17) is 9.47 Å². The third kappa shape index (κ3) is 7.21. The SMILES string of the molecule is CN1CCC[C@H]1C(=O)N1CCC(CCOc2ccc(-c3nc(C#N)nc4c3ccn4CC3CCCO3)cc2C(F)(F)F)CC1.Cl. The lowest BCUT2D eigenvalue weighted by molar-refractivity contribution is -0.139. The highest BCUT2D eigenvalue weighted by Crippen LogP contribution is 2.40. The van der Waals surface area contributed by atoms with Crippen molar-refractivity contribution in [1.82, 2.24) is 24.3 Å². The molecule has 0 N–H and O–H groups in total. The summed E-state index contributed by atoms with van der Waals surface area (Å²) in [6.07, 6.45) is 3.24. The van der Waals surface area contributed by atoms with Gasteiger partial charge < -0.3 is 18.9 Å². The summed E-state index contributed by atoms with van der Waals surface area (Å²) in [6.45, 7) is 3.67. The van der Waals surface area contributed by atoms with Crippen molar-refractivity contribution in [3.05, 3.63) is 41.9 Å². The number of piperidine rings is 1. The van der Waals surface area contributed by atoms with E-state index in [9.17, 15) is 23.2 Å². The van der Waals surface area contributed by atoms with Crippen molar-refractivity contribution < 1.29 is 27.4 Å². The smallest absolute Gasteiger partial charge is 0.419 e. The van der Waals surface area contributed by atoms with Crippen molar-refractivity contribution in [2.75, 3.05) is 39.9 Å². The predicted octanol–water partition coefficient (Wildman–Crippen LogP) is 5.69. The molecule has 1 amide bonds. The quantitative estimate of drug-likeness (QED) is 0.310. The number of alkyl halides is 3. The van der Waals surface area contributed by atoms with E-state index in [0.29, 0.717) is 43.7 Å². The van der Waals surface area contributed by atoms with E-state index < -0.39 is 11.7 Å². The van der Waals surface area contributed by atoms with Crippen LogP contribution in [0.5, 0.6) is 5.75 Å². The highest BCUT2D eigenvalue weighted by atomic mass is 35.5. The van der Waals surface area contributed by atoms with Crippen LogP contribution in [0, 0.1) is 17.2 Å². The maximum Gasteiger partial charge on any atom is 0.419 e. The molecule has 0 spiro atoms. The molecule has 1 unspecified atom stereocenters. The van der Waals surface area contributed by atoms with Crippen LogP contribution in [0.1, 0.15) is 56.3 Å². The highest BCUT2D eigenvalue weighted by Gasteiger charge is 2.36. The van der Waals surface area contributed by atoms with Crippen LogP contribution in [0.3, 0.4) is 0 Å². The molecule has 242 valence electrons. The Morgan fingerprint density at radius 3 is 2.58 bits per heavy atom. The molecule has 0 aliphatic carbocycles. The Hall–Kier alpha value is -3.40. The minimum Gasteiger partial charge on any atom is -0.493 e. The molecule has 0 saturated carbocycles. The number of benzene rings is 1. The Morgan fingerprint density at radius 2 is 1.91 bits per heavy atom. The normalized spacial score (nSPS) is 21.2. The lowest BCUT2D eigenvalue weighted by atomic mass is 9.93. The fourth-order valence-electron chi connectivity index (χ4n) is 6.73.